The van der Waals surface area contributed by atoms with E-state index in [1.54, 1.807) is 26.0 Å². The molecule has 0 aliphatic carbocycles. The zero-order valence-corrected chi connectivity index (χ0v) is 17.1. The van der Waals surface area contributed by atoms with E-state index < -0.39 is 28.5 Å². The van der Waals surface area contributed by atoms with Crippen molar-refractivity contribution >= 4 is 27.6 Å². The molecule has 2 rings (SSSR count). The molecule has 9 heteroatoms. The molecule has 0 atom stereocenters. The van der Waals surface area contributed by atoms with E-state index in [0.717, 1.165) is 0 Å². The van der Waals surface area contributed by atoms with Crippen LogP contribution in [0.4, 0.5) is 5.69 Å². The SMILES string of the molecule is CC(C)N(C)S(=O)(=O)c1ccc(NC(=O)COC(=O)c2cccc(C#N)c2)cc1. The number of sulfonamides is 1. The largest absolute Gasteiger partial charge is 0.452 e. The Morgan fingerprint density at radius 1 is 1.17 bits per heavy atom. The van der Waals surface area contributed by atoms with Gasteiger partial charge in [-0.1, -0.05) is 6.07 Å². The van der Waals surface area contributed by atoms with Crippen molar-refractivity contribution in [3.63, 3.8) is 0 Å². The summed E-state index contributed by atoms with van der Waals surface area (Å²) >= 11 is 0. The molecule has 152 valence electrons. The molecule has 29 heavy (non-hydrogen) atoms. The van der Waals surface area contributed by atoms with Crippen LogP contribution in [0.2, 0.25) is 0 Å². The van der Waals surface area contributed by atoms with Crippen LogP contribution in [-0.4, -0.2) is 44.3 Å². The van der Waals surface area contributed by atoms with Gasteiger partial charge in [-0.3, -0.25) is 4.79 Å². The van der Waals surface area contributed by atoms with Gasteiger partial charge in [0.15, 0.2) is 6.61 Å². The highest BCUT2D eigenvalue weighted by Gasteiger charge is 2.22. The van der Waals surface area contributed by atoms with Gasteiger partial charge in [-0.15, -0.1) is 0 Å². The van der Waals surface area contributed by atoms with Crippen molar-refractivity contribution in [2.24, 2.45) is 0 Å². The van der Waals surface area contributed by atoms with Gasteiger partial charge >= 0.3 is 5.97 Å². The third-order valence-corrected chi connectivity index (χ3v) is 6.15. The van der Waals surface area contributed by atoms with Crippen LogP contribution in [0.15, 0.2) is 53.4 Å². The van der Waals surface area contributed by atoms with Gasteiger partial charge in [0.25, 0.3) is 5.91 Å². The van der Waals surface area contributed by atoms with Crippen molar-refractivity contribution in [1.29, 1.82) is 5.26 Å². The molecule has 0 fully saturated rings. The first-order valence-electron chi connectivity index (χ1n) is 8.70. The van der Waals surface area contributed by atoms with E-state index in [4.69, 9.17) is 10.00 Å². The molecular weight excluding hydrogens is 394 g/mol. The molecule has 0 spiro atoms. The number of ether oxygens (including phenoxy) is 1. The number of carbonyl (C=O) groups excluding carboxylic acids is 2. The number of nitriles is 1. The van der Waals surface area contributed by atoms with Crippen molar-refractivity contribution in [3.05, 3.63) is 59.7 Å². The van der Waals surface area contributed by atoms with E-state index in [-0.39, 0.29) is 16.5 Å². The topological polar surface area (TPSA) is 117 Å². The van der Waals surface area contributed by atoms with Crippen LogP contribution < -0.4 is 5.32 Å². The van der Waals surface area contributed by atoms with Gasteiger partial charge in [0.1, 0.15) is 0 Å². The van der Waals surface area contributed by atoms with Crippen LogP contribution >= 0.6 is 0 Å². The lowest BCUT2D eigenvalue weighted by molar-refractivity contribution is -0.119. The predicted molar refractivity (Wildman–Crippen MR) is 107 cm³/mol. The minimum Gasteiger partial charge on any atom is -0.452 e. The smallest absolute Gasteiger partial charge is 0.338 e. The van der Waals surface area contributed by atoms with Crippen molar-refractivity contribution in [1.82, 2.24) is 4.31 Å². The minimum absolute atomic E-state index is 0.107. The number of esters is 1. The zero-order valence-electron chi connectivity index (χ0n) is 16.2. The van der Waals surface area contributed by atoms with Crippen LogP contribution in [0.25, 0.3) is 0 Å². The number of amides is 1. The Morgan fingerprint density at radius 2 is 1.83 bits per heavy atom. The Bertz CT molecular complexity index is 1040. The highest BCUT2D eigenvalue weighted by atomic mass is 32.2. The molecule has 0 saturated carbocycles. The number of benzene rings is 2. The molecule has 0 heterocycles. The molecule has 8 nitrogen and oxygen atoms in total. The first kappa shape index (κ1) is 22.1. The van der Waals surface area contributed by atoms with Gasteiger partial charge in [-0.05, 0) is 56.3 Å². The number of rotatable bonds is 7. The summed E-state index contributed by atoms with van der Waals surface area (Å²) in [5.41, 5.74) is 0.839. The van der Waals surface area contributed by atoms with Crippen molar-refractivity contribution in [2.75, 3.05) is 19.0 Å². The fraction of sp³-hybridized carbons (Fsp3) is 0.250. The number of hydrogen-bond donors (Lipinski definition) is 1. The molecule has 2 aromatic rings. The normalized spacial score (nSPS) is 11.2. The van der Waals surface area contributed by atoms with Gasteiger partial charge < -0.3 is 10.1 Å². The Balaban J connectivity index is 1.96. The lowest BCUT2D eigenvalue weighted by atomic mass is 10.1. The standard InChI is InChI=1S/C20H21N3O5S/c1-14(2)23(3)29(26,27)18-9-7-17(8-10-18)22-19(24)13-28-20(25)16-6-4-5-15(11-16)12-21/h4-11,14H,13H2,1-3H3,(H,22,24). The van der Waals surface area contributed by atoms with Gasteiger partial charge in [-0.2, -0.15) is 9.57 Å². The van der Waals surface area contributed by atoms with Gasteiger partial charge in [0.2, 0.25) is 10.0 Å². The fourth-order valence-electron chi connectivity index (χ4n) is 2.28. The molecule has 0 aromatic heterocycles. The second kappa shape index (κ2) is 9.32. The maximum absolute atomic E-state index is 12.4. The van der Waals surface area contributed by atoms with E-state index in [9.17, 15) is 18.0 Å². The summed E-state index contributed by atoms with van der Waals surface area (Å²) in [7, 11) is -2.12. The fourth-order valence-corrected chi connectivity index (χ4v) is 3.65. The molecule has 1 N–H and O–H groups in total. The summed E-state index contributed by atoms with van der Waals surface area (Å²) in [5.74, 6) is -1.31. The Kier molecular flexibility index (Phi) is 7.09. The van der Waals surface area contributed by atoms with Gasteiger partial charge in [0, 0.05) is 18.8 Å². The lowest BCUT2D eigenvalue weighted by Crippen LogP contribution is -2.33. The van der Waals surface area contributed by atoms with Gasteiger partial charge in [-0.25, -0.2) is 13.2 Å². The van der Waals surface area contributed by atoms with Gasteiger partial charge in [0.05, 0.1) is 22.1 Å². The number of nitrogens with one attached hydrogen (secondary N) is 1. The monoisotopic (exact) mass is 415 g/mol. The number of carbonyl (C=O) groups is 2. The van der Waals surface area contributed by atoms with Crippen LogP contribution in [-0.2, 0) is 19.6 Å². The van der Waals surface area contributed by atoms with Crippen molar-refractivity contribution < 1.29 is 22.7 Å². The van der Waals surface area contributed by atoms with Crippen molar-refractivity contribution in [3.8, 4) is 6.07 Å². The number of nitrogens with zero attached hydrogens (tertiary/aromatic N) is 2. The predicted octanol–water partition coefficient (Wildman–Crippen LogP) is 2.38. The minimum atomic E-state index is -3.61. The molecule has 0 radical (unpaired) electrons. The quantitative estimate of drug-likeness (QED) is 0.694. The summed E-state index contributed by atoms with van der Waals surface area (Å²) in [6.07, 6.45) is 0. The summed E-state index contributed by atoms with van der Waals surface area (Å²) in [4.78, 5) is 24.1. The number of anilines is 1. The highest BCUT2D eigenvalue weighted by Crippen LogP contribution is 2.19. The third kappa shape index (κ3) is 5.63. The van der Waals surface area contributed by atoms with E-state index in [0.29, 0.717) is 11.3 Å². The van der Waals surface area contributed by atoms with E-state index >= 15 is 0 Å². The van der Waals surface area contributed by atoms with Crippen LogP contribution in [0.1, 0.15) is 29.8 Å². The molecule has 1 amide bonds. The molecule has 0 unspecified atom stereocenters. The molecule has 0 aliphatic heterocycles. The average molecular weight is 415 g/mol. The van der Waals surface area contributed by atoms with Crippen LogP contribution in [0.5, 0.6) is 0 Å². The third-order valence-electron chi connectivity index (χ3n) is 4.10. The van der Waals surface area contributed by atoms with Crippen LogP contribution in [0, 0.1) is 11.3 Å². The molecule has 2 aromatic carbocycles. The summed E-state index contributed by atoms with van der Waals surface area (Å²) in [6.45, 7) is 3.01. The maximum Gasteiger partial charge on any atom is 0.338 e. The second-order valence-corrected chi connectivity index (χ2v) is 8.45. The maximum atomic E-state index is 12.4. The van der Waals surface area contributed by atoms with E-state index in [1.807, 2.05) is 6.07 Å². The molecular formula is C20H21N3O5S. The van der Waals surface area contributed by atoms with E-state index in [1.165, 1.54) is 47.8 Å². The van der Waals surface area contributed by atoms with E-state index in [2.05, 4.69) is 5.32 Å². The Morgan fingerprint density at radius 3 is 2.41 bits per heavy atom. The summed E-state index contributed by atoms with van der Waals surface area (Å²) < 4.78 is 31.0. The van der Waals surface area contributed by atoms with Crippen molar-refractivity contribution in [2.45, 2.75) is 24.8 Å². The van der Waals surface area contributed by atoms with Crippen LogP contribution in [0.3, 0.4) is 0 Å². The zero-order chi connectivity index (χ0) is 21.6. The highest BCUT2D eigenvalue weighted by molar-refractivity contribution is 7.89. The molecule has 0 saturated heterocycles. The summed E-state index contributed by atoms with van der Waals surface area (Å²) in [5, 5.41) is 11.4. The first-order chi connectivity index (χ1) is 13.6. The molecule has 0 bridgehead atoms. The lowest BCUT2D eigenvalue weighted by Gasteiger charge is -2.21. The Labute approximate surface area is 169 Å². The Hall–Kier alpha value is -3.22. The second-order valence-electron chi connectivity index (χ2n) is 6.46. The average Bonchev–Trinajstić information content (AvgIpc) is 2.71. The molecule has 0 aliphatic rings. The number of hydrogen-bond acceptors (Lipinski definition) is 6. The first-order valence-corrected chi connectivity index (χ1v) is 10.1. The summed E-state index contributed by atoms with van der Waals surface area (Å²) in [6, 6.07) is 13.4.